The second kappa shape index (κ2) is 5.89. The molecule has 0 saturated carbocycles. The van der Waals surface area contributed by atoms with Gasteiger partial charge < -0.3 is 4.90 Å². The van der Waals surface area contributed by atoms with E-state index in [-0.39, 0.29) is 5.91 Å². The lowest BCUT2D eigenvalue weighted by Gasteiger charge is -2.17. The van der Waals surface area contributed by atoms with Crippen molar-refractivity contribution in [2.45, 2.75) is 19.9 Å². The number of rotatable bonds is 3. The summed E-state index contributed by atoms with van der Waals surface area (Å²) < 4.78 is 0. The molecule has 24 heavy (non-hydrogen) atoms. The maximum absolute atomic E-state index is 12.4. The third-order valence-electron chi connectivity index (χ3n) is 4.27. The van der Waals surface area contributed by atoms with Crippen LogP contribution in [0, 0.1) is 6.92 Å². The molecule has 1 aromatic carbocycles. The third kappa shape index (κ3) is 2.67. The number of aryl methyl sites for hydroxylation is 1. The Kier molecular flexibility index (Phi) is 3.58. The van der Waals surface area contributed by atoms with Gasteiger partial charge in [0.05, 0.1) is 24.3 Å². The van der Waals surface area contributed by atoms with Gasteiger partial charge in [-0.15, -0.1) is 0 Å². The molecule has 4 heteroatoms. The molecule has 3 aromatic rings. The molecule has 4 rings (SSSR count). The van der Waals surface area contributed by atoms with Crippen LogP contribution in [0.2, 0.25) is 0 Å². The van der Waals surface area contributed by atoms with Gasteiger partial charge in [0.2, 0.25) is 5.91 Å². The van der Waals surface area contributed by atoms with Gasteiger partial charge >= 0.3 is 0 Å². The molecule has 2 aromatic heterocycles. The summed E-state index contributed by atoms with van der Waals surface area (Å²) in [6.07, 6.45) is 5.75. The van der Waals surface area contributed by atoms with Crippen LogP contribution < -0.4 is 4.90 Å². The van der Waals surface area contributed by atoms with Crippen LogP contribution in [0.15, 0.2) is 61.1 Å². The van der Waals surface area contributed by atoms with Gasteiger partial charge in [0.15, 0.2) is 0 Å². The van der Waals surface area contributed by atoms with E-state index in [1.165, 1.54) is 5.56 Å². The standard InChI is InChI=1S/C20H17N3O/c1-14-4-2-6-16(8-14)17-9-19-18(22-12-17)10-20(24)23(19)13-15-5-3-7-21-11-15/h2-9,11-12H,10,13H2,1H3. The quantitative estimate of drug-likeness (QED) is 0.742. The summed E-state index contributed by atoms with van der Waals surface area (Å²) in [6, 6.07) is 14.2. The molecule has 0 aliphatic carbocycles. The van der Waals surface area contributed by atoms with Crippen molar-refractivity contribution in [3.8, 4) is 11.1 Å². The molecule has 0 bridgehead atoms. The Hall–Kier alpha value is -3.01. The second-order valence-electron chi connectivity index (χ2n) is 6.08. The average Bonchev–Trinajstić information content (AvgIpc) is 2.91. The SMILES string of the molecule is Cc1cccc(-c2cnc3c(c2)N(Cc2cccnc2)C(=O)C3)c1. The summed E-state index contributed by atoms with van der Waals surface area (Å²) in [5.41, 5.74) is 6.12. The molecule has 0 saturated heterocycles. The number of amides is 1. The minimum absolute atomic E-state index is 0.0859. The highest BCUT2D eigenvalue weighted by Crippen LogP contribution is 2.32. The summed E-state index contributed by atoms with van der Waals surface area (Å²) in [4.78, 5) is 22.9. The fourth-order valence-corrected chi connectivity index (χ4v) is 3.05. The van der Waals surface area contributed by atoms with E-state index in [1.807, 2.05) is 24.4 Å². The lowest BCUT2D eigenvalue weighted by atomic mass is 10.0. The van der Waals surface area contributed by atoms with Crippen LogP contribution in [0.25, 0.3) is 11.1 Å². The van der Waals surface area contributed by atoms with Crippen LogP contribution in [0.4, 0.5) is 5.69 Å². The number of nitrogens with zero attached hydrogens (tertiary/aromatic N) is 3. The normalized spacial score (nSPS) is 13.2. The Morgan fingerprint density at radius 3 is 2.79 bits per heavy atom. The summed E-state index contributed by atoms with van der Waals surface area (Å²) in [5, 5.41) is 0. The zero-order valence-electron chi connectivity index (χ0n) is 13.4. The van der Waals surface area contributed by atoms with E-state index in [0.717, 1.165) is 28.1 Å². The lowest BCUT2D eigenvalue weighted by molar-refractivity contribution is -0.117. The van der Waals surface area contributed by atoms with Crippen LogP contribution in [0.5, 0.6) is 0 Å². The number of carbonyl (C=O) groups is 1. The van der Waals surface area contributed by atoms with E-state index < -0.39 is 0 Å². The van der Waals surface area contributed by atoms with Gasteiger partial charge in [0.1, 0.15) is 0 Å². The Morgan fingerprint density at radius 1 is 1.08 bits per heavy atom. The number of aromatic nitrogens is 2. The molecule has 0 radical (unpaired) electrons. The minimum atomic E-state index is 0.0859. The first-order valence-corrected chi connectivity index (χ1v) is 7.96. The van der Waals surface area contributed by atoms with Crippen molar-refractivity contribution < 1.29 is 4.79 Å². The number of anilines is 1. The molecule has 0 atom stereocenters. The summed E-state index contributed by atoms with van der Waals surface area (Å²) in [7, 11) is 0. The van der Waals surface area contributed by atoms with Gasteiger partial charge in [-0.3, -0.25) is 14.8 Å². The van der Waals surface area contributed by atoms with Crippen LogP contribution >= 0.6 is 0 Å². The first kappa shape index (κ1) is 14.6. The first-order valence-electron chi connectivity index (χ1n) is 7.96. The summed E-state index contributed by atoms with van der Waals surface area (Å²) in [6.45, 7) is 2.60. The van der Waals surface area contributed by atoms with E-state index in [4.69, 9.17) is 0 Å². The number of hydrogen-bond donors (Lipinski definition) is 0. The summed E-state index contributed by atoms with van der Waals surface area (Å²) in [5.74, 6) is 0.0859. The molecular weight excluding hydrogens is 298 g/mol. The second-order valence-corrected chi connectivity index (χ2v) is 6.08. The van der Waals surface area contributed by atoms with Crippen molar-refractivity contribution in [2.75, 3.05) is 4.90 Å². The van der Waals surface area contributed by atoms with Gasteiger partial charge in [-0.05, 0) is 30.2 Å². The van der Waals surface area contributed by atoms with E-state index in [1.54, 1.807) is 17.3 Å². The molecular formula is C20H17N3O. The molecule has 1 amide bonds. The third-order valence-corrected chi connectivity index (χ3v) is 4.27. The molecule has 0 spiro atoms. The number of carbonyl (C=O) groups excluding carboxylic acids is 1. The maximum Gasteiger partial charge on any atom is 0.233 e. The Morgan fingerprint density at radius 2 is 2.00 bits per heavy atom. The van der Waals surface area contributed by atoms with Crippen molar-refractivity contribution in [3.05, 3.63) is 77.9 Å². The van der Waals surface area contributed by atoms with Crippen molar-refractivity contribution in [1.29, 1.82) is 0 Å². The fraction of sp³-hybridized carbons (Fsp3) is 0.150. The van der Waals surface area contributed by atoms with Crippen LogP contribution in [0.1, 0.15) is 16.8 Å². The predicted molar refractivity (Wildman–Crippen MR) is 93.5 cm³/mol. The molecule has 4 nitrogen and oxygen atoms in total. The number of hydrogen-bond acceptors (Lipinski definition) is 3. The topological polar surface area (TPSA) is 46.1 Å². The smallest absolute Gasteiger partial charge is 0.233 e. The highest BCUT2D eigenvalue weighted by Gasteiger charge is 2.28. The molecule has 3 heterocycles. The van der Waals surface area contributed by atoms with Gasteiger partial charge in [0.25, 0.3) is 0 Å². The largest absolute Gasteiger partial charge is 0.306 e. The van der Waals surface area contributed by atoms with Crippen molar-refractivity contribution in [1.82, 2.24) is 9.97 Å². The van der Waals surface area contributed by atoms with Crippen molar-refractivity contribution in [3.63, 3.8) is 0 Å². The molecule has 0 fully saturated rings. The van der Waals surface area contributed by atoms with E-state index >= 15 is 0 Å². The minimum Gasteiger partial charge on any atom is -0.306 e. The Labute approximate surface area is 140 Å². The van der Waals surface area contributed by atoms with E-state index in [0.29, 0.717) is 13.0 Å². The predicted octanol–water partition coefficient (Wildman–Crippen LogP) is 3.54. The van der Waals surface area contributed by atoms with Gasteiger partial charge in [-0.25, -0.2) is 0 Å². The lowest BCUT2D eigenvalue weighted by Crippen LogP contribution is -2.26. The number of benzene rings is 1. The molecule has 0 N–H and O–H groups in total. The monoisotopic (exact) mass is 315 g/mol. The first-order chi connectivity index (χ1) is 11.7. The average molecular weight is 315 g/mol. The number of fused-ring (bicyclic) bond motifs is 1. The van der Waals surface area contributed by atoms with Gasteiger partial charge in [-0.1, -0.05) is 35.9 Å². The Bertz CT molecular complexity index is 906. The van der Waals surface area contributed by atoms with Gasteiger partial charge in [-0.2, -0.15) is 0 Å². The molecule has 1 aliphatic heterocycles. The highest BCUT2D eigenvalue weighted by molar-refractivity contribution is 6.01. The van der Waals surface area contributed by atoms with Crippen LogP contribution in [-0.2, 0) is 17.8 Å². The van der Waals surface area contributed by atoms with Crippen molar-refractivity contribution in [2.24, 2.45) is 0 Å². The fourth-order valence-electron chi connectivity index (χ4n) is 3.05. The maximum atomic E-state index is 12.4. The van der Waals surface area contributed by atoms with Crippen molar-refractivity contribution >= 4 is 11.6 Å². The van der Waals surface area contributed by atoms with Crippen LogP contribution in [-0.4, -0.2) is 15.9 Å². The van der Waals surface area contributed by atoms with E-state index in [2.05, 4.69) is 41.2 Å². The molecule has 118 valence electrons. The summed E-state index contributed by atoms with van der Waals surface area (Å²) >= 11 is 0. The highest BCUT2D eigenvalue weighted by atomic mass is 16.2. The molecule has 0 unspecified atom stereocenters. The zero-order valence-corrected chi connectivity index (χ0v) is 13.4. The van der Waals surface area contributed by atoms with E-state index in [9.17, 15) is 4.79 Å². The van der Waals surface area contributed by atoms with Crippen LogP contribution in [0.3, 0.4) is 0 Å². The Balaban J connectivity index is 1.71. The molecule has 1 aliphatic rings. The number of pyridine rings is 2. The van der Waals surface area contributed by atoms with Gasteiger partial charge in [0, 0.05) is 24.2 Å². The zero-order chi connectivity index (χ0) is 16.5.